The van der Waals surface area contributed by atoms with E-state index >= 15 is 0 Å². The van der Waals surface area contributed by atoms with Crippen LogP contribution in [-0.2, 0) is 4.79 Å². The number of non-ortho nitro benzene ring substituents is 1. The normalized spacial score (nSPS) is 15.1. The van der Waals surface area contributed by atoms with Crippen molar-refractivity contribution in [3.8, 4) is 0 Å². The molecule has 3 rings (SSSR count). The second kappa shape index (κ2) is 8.57. The Labute approximate surface area is 171 Å². The zero-order valence-corrected chi connectivity index (χ0v) is 16.4. The molecule has 0 spiro atoms. The lowest BCUT2D eigenvalue weighted by molar-refractivity contribution is -0.384. The second-order valence-electron chi connectivity index (χ2n) is 6.84. The third-order valence-electron chi connectivity index (χ3n) is 5.00. The molecule has 0 N–H and O–H groups in total. The fourth-order valence-corrected chi connectivity index (χ4v) is 3.45. The highest BCUT2D eigenvalue weighted by Gasteiger charge is 2.26. The number of nitro benzene ring substituents is 1. The predicted octanol–water partition coefficient (Wildman–Crippen LogP) is 3.65. The molecule has 7 nitrogen and oxygen atoms in total. The Hall–Kier alpha value is -3.00. The molecule has 1 heterocycles. The quantitative estimate of drug-likeness (QED) is 0.419. The maximum atomic E-state index is 14.5. The molecule has 1 saturated heterocycles. The SMILES string of the molecule is CC(C=O)c1ccc(N2CCN(C(=O)c3cc([N+](=O)[O-])ccc3Cl)CC2)c(F)c1. The Balaban J connectivity index is 1.71. The first kappa shape index (κ1) is 20.7. The van der Waals surface area contributed by atoms with Crippen LogP contribution in [0.5, 0.6) is 0 Å². The number of rotatable bonds is 5. The molecule has 1 aliphatic rings. The average Bonchev–Trinajstić information content (AvgIpc) is 2.73. The van der Waals surface area contributed by atoms with Crippen LogP contribution in [0.4, 0.5) is 15.8 Å². The number of halogens is 2. The minimum atomic E-state index is -0.580. The van der Waals surface area contributed by atoms with E-state index in [9.17, 15) is 24.1 Å². The number of nitro groups is 1. The molecule has 0 aliphatic carbocycles. The number of piperazine rings is 1. The summed E-state index contributed by atoms with van der Waals surface area (Å²) in [5, 5.41) is 11.1. The van der Waals surface area contributed by atoms with Crippen LogP contribution in [0, 0.1) is 15.9 Å². The number of amides is 1. The van der Waals surface area contributed by atoms with Crippen molar-refractivity contribution in [2.24, 2.45) is 0 Å². The Kier molecular flexibility index (Phi) is 6.12. The van der Waals surface area contributed by atoms with Gasteiger partial charge in [-0.2, -0.15) is 0 Å². The summed E-state index contributed by atoms with van der Waals surface area (Å²) in [4.78, 5) is 37.4. The predicted molar refractivity (Wildman–Crippen MR) is 107 cm³/mol. The van der Waals surface area contributed by atoms with Gasteiger partial charge in [0.1, 0.15) is 12.1 Å². The summed E-state index contributed by atoms with van der Waals surface area (Å²) >= 11 is 6.06. The van der Waals surface area contributed by atoms with Gasteiger partial charge >= 0.3 is 0 Å². The van der Waals surface area contributed by atoms with Gasteiger partial charge in [0, 0.05) is 44.2 Å². The Bertz CT molecular complexity index is 961. The van der Waals surface area contributed by atoms with Crippen LogP contribution in [0.15, 0.2) is 36.4 Å². The van der Waals surface area contributed by atoms with Gasteiger partial charge in [0.05, 0.1) is 21.2 Å². The van der Waals surface area contributed by atoms with Gasteiger partial charge in [0.2, 0.25) is 0 Å². The van der Waals surface area contributed by atoms with Crippen molar-refractivity contribution in [2.45, 2.75) is 12.8 Å². The van der Waals surface area contributed by atoms with Crippen molar-refractivity contribution >= 4 is 35.2 Å². The summed E-state index contributed by atoms with van der Waals surface area (Å²) < 4.78 is 14.5. The molecule has 0 radical (unpaired) electrons. The van der Waals surface area contributed by atoms with Crippen LogP contribution < -0.4 is 4.90 Å². The molecule has 29 heavy (non-hydrogen) atoms. The first-order chi connectivity index (χ1) is 13.8. The summed E-state index contributed by atoms with van der Waals surface area (Å²) in [5.74, 6) is -1.20. The van der Waals surface area contributed by atoms with Crippen LogP contribution in [0.2, 0.25) is 5.02 Å². The minimum Gasteiger partial charge on any atom is -0.366 e. The largest absolute Gasteiger partial charge is 0.366 e. The van der Waals surface area contributed by atoms with Gasteiger partial charge < -0.3 is 14.6 Å². The minimum absolute atomic E-state index is 0.0766. The monoisotopic (exact) mass is 419 g/mol. The maximum absolute atomic E-state index is 14.5. The number of anilines is 1. The topological polar surface area (TPSA) is 83.8 Å². The zero-order valence-electron chi connectivity index (χ0n) is 15.7. The molecule has 0 aromatic heterocycles. The summed E-state index contributed by atoms with van der Waals surface area (Å²) in [5.41, 5.74) is 0.888. The molecule has 1 fully saturated rings. The fourth-order valence-electron chi connectivity index (χ4n) is 3.25. The molecule has 0 bridgehead atoms. The lowest BCUT2D eigenvalue weighted by Crippen LogP contribution is -2.49. The average molecular weight is 420 g/mol. The summed E-state index contributed by atoms with van der Waals surface area (Å²) in [6.07, 6.45) is 0.762. The van der Waals surface area contributed by atoms with E-state index in [0.29, 0.717) is 37.4 Å². The van der Waals surface area contributed by atoms with E-state index in [2.05, 4.69) is 0 Å². The number of nitrogens with zero attached hydrogens (tertiary/aromatic N) is 3. The van der Waals surface area contributed by atoms with E-state index < -0.39 is 16.6 Å². The van der Waals surface area contributed by atoms with Crippen LogP contribution in [0.1, 0.15) is 28.8 Å². The number of hydrogen-bond acceptors (Lipinski definition) is 5. The molecule has 2 aromatic carbocycles. The van der Waals surface area contributed by atoms with Crippen molar-refractivity contribution < 1.29 is 18.9 Å². The summed E-state index contributed by atoms with van der Waals surface area (Å²) in [7, 11) is 0. The standard InChI is InChI=1S/C20H19ClFN3O4/c1-13(12-26)14-2-5-19(18(22)10-14)23-6-8-24(9-7-23)20(27)16-11-15(25(28)29)3-4-17(16)21/h2-5,10-13H,6-9H2,1H3. The Morgan fingerprint density at radius 3 is 2.48 bits per heavy atom. The van der Waals surface area contributed by atoms with E-state index in [1.54, 1.807) is 24.0 Å². The molecule has 1 amide bonds. The Morgan fingerprint density at radius 1 is 1.21 bits per heavy atom. The molecular weight excluding hydrogens is 401 g/mol. The lowest BCUT2D eigenvalue weighted by Gasteiger charge is -2.36. The second-order valence-corrected chi connectivity index (χ2v) is 7.24. The number of benzene rings is 2. The van der Waals surface area contributed by atoms with Gasteiger partial charge in [-0.25, -0.2) is 4.39 Å². The highest BCUT2D eigenvalue weighted by Crippen LogP contribution is 2.27. The van der Waals surface area contributed by atoms with E-state index in [1.165, 1.54) is 24.3 Å². The van der Waals surface area contributed by atoms with Crippen LogP contribution in [-0.4, -0.2) is 48.2 Å². The van der Waals surface area contributed by atoms with Gasteiger partial charge in [0.25, 0.3) is 11.6 Å². The van der Waals surface area contributed by atoms with Crippen molar-refractivity contribution in [3.63, 3.8) is 0 Å². The van der Waals surface area contributed by atoms with E-state index in [1.807, 2.05) is 4.90 Å². The molecule has 2 aromatic rings. The van der Waals surface area contributed by atoms with Gasteiger partial charge in [-0.15, -0.1) is 0 Å². The zero-order chi connectivity index (χ0) is 21.1. The number of carbonyl (C=O) groups is 2. The van der Waals surface area contributed by atoms with Crippen molar-refractivity contribution in [1.82, 2.24) is 4.90 Å². The molecular formula is C20H19ClFN3O4. The van der Waals surface area contributed by atoms with Crippen molar-refractivity contribution in [2.75, 3.05) is 31.1 Å². The molecule has 9 heteroatoms. The molecule has 152 valence electrons. The van der Waals surface area contributed by atoms with Crippen LogP contribution in [0.3, 0.4) is 0 Å². The smallest absolute Gasteiger partial charge is 0.270 e. The van der Waals surface area contributed by atoms with Crippen molar-refractivity contribution in [3.05, 3.63) is 68.5 Å². The number of aldehydes is 1. The van der Waals surface area contributed by atoms with E-state index in [4.69, 9.17) is 11.6 Å². The van der Waals surface area contributed by atoms with Gasteiger partial charge in [0.15, 0.2) is 0 Å². The first-order valence-electron chi connectivity index (χ1n) is 9.04. The summed E-state index contributed by atoms with van der Waals surface area (Å²) in [6, 6.07) is 8.46. The van der Waals surface area contributed by atoms with Crippen LogP contribution >= 0.6 is 11.6 Å². The van der Waals surface area contributed by atoms with Crippen molar-refractivity contribution in [1.29, 1.82) is 0 Å². The fraction of sp³-hybridized carbons (Fsp3) is 0.300. The summed E-state index contributed by atoms with van der Waals surface area (Å²) in [6.45, 7) is 3.15. The number of carbonyl (C=O) groups excluding carboxylic acids is 2. The highest BCUT2D eigenvalue weighted by molar-refractivity contribution is 6.33. The highest BCUT2D eigenvalue weighted by atomic mass is 35.5. The first-order valence-corrected chi connectivity index (χ1v) is 9.42. The molecule has 1 aliphatic heterocycles. The van der Waals surface area contributed by atoms with Crippen LogP contribution in [0.25, 0.3) is 0 Å². The van der Waals surface area contributed by atoms with Gasteiger partial charge in [-0.3, -0.25) is 14.9 Å². The Morgan fingerprint density at radius 2 is 1.90 bits per heavy atom. The van der Waals surface area contributed by atoms with E-state index in [0.717, 1.165) is 6.29 Å². The van der Waals surface area contributed by atoms with E-state index in [-0.39, 0.29) is 22.2 Å². The molecule has 1 unspecified atom stereocenters. The molecule has 0 saturated carbocycles. The number of hydrogen-bond donors (Lipinski definition) is 0. The third kappa shape index (κ3) is 4.37. The van der Waals surface area contributed by atoms with Gasteiger partial charge in [-0.1, -0.05) is 24.6 Å². The third-order valence-corrected chi connectivity index (χ3v) is 5.33. The maximum Gasteiger partial charge on any atom is 0.270 e. The lowest BCUT2D eigenvalue weighted by atomic mass is 10.0. The molecule has 1 atom stereocenters. The van der Waals surface area contributed by atoms with Gasteiger partial charge in [-0.05, 0) is 23.8 Å².